The van der Waals surface area contributed by atoms with Crippen molar-refractivity contribution < 1.29 is 19.1 Å². The number of alkyl carbamates (subject to hydrolysis) is 1. The number of rotatable bonds is 7. The predicted octanol–water partition coefficient (Wildman–Crippen LogP) is 3.83. The molecule has 0 aromatic heterocycles. The summed E-state index contributed by atoms with van der Waals surface area (Å²) in [5.74, 6) is 1.10. The number of amides is 2. The lowest BCUT2D eigenvalue weighted by atomic mass is 9.96. The molecule has 0 unspecified atom stereocenters. The molecule has 2 amide bonds. The highest BCUT2D eigenvalue weighted by Crippen LogP contribution is 2.20. The van der Waals surface area contributed by atoms with Gasteiger partial charge in [-0.1, -0.05) is 6.07 Å². The first kappa shape index (κ1) is 25.0. The smallest absolute Gasteiger partial charge is 0.407 e. The molecule has 1 fully saturated rings. The van der Waals surface area contributed by atoms with Crippen LogP contribution in [0.2, 0.25) is 0 Å². The van der Waals surface area contributed by atoms with Crippen LogP contribution in [0.25, 0.3) is 0 Å². The zero-order chi connectivity index (χ0) is 23.1. The van der Waals surface area contributed by atoms with Crippen molar-refractivity contribution in [2.45, 2.75) is 65.6 Å². The van der Waals surface area contributed by atoms with Crippen LogP contribution in [0.1, 0.15) is 64.7 Å². The standard InChI is InChI=1S/C24H39N3O4/c1-23(2,3)30-20-9-7-8-19(16-20)21(28)26-17-18-10-13-27(14-11-18)15-12-25-22(29)31-24(4,5)6/h7-9,16,18H,10-15,17H2,1-6H3,(H,25,29)(H,26,28). The highest BCUT2D eigenvalue weighted by Gasteiger charge is 2.21. The molecule has 2 rings (SSSR count). The van der Waals surface area contributed by atoms with Gasteiger partial charge >= 0.3 is 6.09 Å². The van der Waals surface area contributed by atoms with E-state index in [1.807, 2.05) is 59.7 Å². The number of benzene rings is 1. The van der Waals surface area contributed by atoms with Crippen LogP contribution >= 0.6 is 0 Å². The summed E-state index contributed by atoms with van der Waals surface area (Å²) in [6.45, 7) is 15.5. The summed E-state index contributed by atoms with van der Waals surface area (Å²) in [7, 11) is 0. The monoisotopic (exact) mass is 433 g/mol. The molecule has 0 aliphatic carbocycles. The molecule has 1 saturated heterocycles. The highest BCUT2D eigenvalue weighted by molar-refractivity contribution is 5.94. The molecule has 0 spiro atoms. The van der Waals surface area contributed by atoms with E-state index < -0.39 is 5.60 Å². The van der Waals surface area contributed by atoms with Gasteiger partial charge in [-0.05, 0) is 91.6 Å². The lowest BCUT2D eigenvalue weighted by molar-refractivity contribution is 0.0519. The Balaban J connectivity index is 1.67. The number of ether oxygens (including phenoxy) is 2. The number of nitrogens with zero attached hydrogens (tertiary/aromatic N) is 1. The van der Waals surface area contributed by atoms with Gasteiger partial charge in [0, 0.05) is 25.2 Å². The second-order valence-corrected chi connectivity index (χ2v) is 10.2. The summed E-state index contributed by atoms with van der Waals surface area (Å²) in [6, 6.07) is 7.32. The highest BCUT2D eigenvalue weighted by atomic mass is 16.6. The van der Waals surface area contributed by atoms with E-state index >= 15 is 0 Å². The first-order valence-corrected chi connectivity index (χ1v) is 11.2. The minimum atomic E-state index is -0.478. The number of carbonyl (C=O) groups is 2. The Bertz CT molecular complexity index is 729. The fourth-order valence-electron chi connectivity index (χ4n) is 3.44. The van der Waals surface area contributed by atoms with E-state index in [0.717, 1.165) is 32.5 Å². The molecule has 1 aromatic carbocycles. The van der Waals surface area contributed by atoms with Crippen LogP contribution in [0, 0.1) is 5.92 Å². The average molecular weight is 434 g/mol. The predicted molar refractivity (Wildman–Crippen MR) is 123 cm³/mol. The fourth-order valence-corrected chi connectivity index (χ4v) is 3.44. The zero-order valence-electron chi connectivity index (χ0n) is 19.9. The maximum absolute atomic E-state index is 12.5. The summed E-state index contributed by atoms with van der Waals surface area (Å²) >= 11 is 0. The Hall–Kier alpha value is -2.28. The van der Waals surface area contributed by atoms with E-state index in [0.29, 0.717) is 30.3 Å². The molecule has 31 heavy (non-hydrogen) atoms. The van der Waals surface area contributed by atoms with Crippen molar-refractivity contribution in [1.82, 2.24) is 15.5 Å². The molecule has 0 atom stereocenters. The molecule has 0 saturated carbocycles. The van der Waals surface area contributed by atoms with E-state index in [1.54, 1.807) is 6.07 Å². The van der Waals surface area contributed by atoms with Crippen molar-refractivity contribution >= 4 is 12.0 Å². The quantitative estimate of drug-likeness (QED) is 0.683. The normalized spacial score (nSPS) is 15.9. The van der Waals surface area contributed by atoms with Crippen LogP contribution in [-0.2, 0) is 4.74 Å². The van der Waals surface area contributed by atoms with Gasteiger partial charge in [0.2, 0.25) is 0 Å². The van der Waals surface area contributed by atoms with Gasteiger partial charge in [-0.3, -0.25) is 4.79 Å². The van der Waals surface area contributed by atoms with Crippen LogP contribution < -0.4 is 15.4 Å². The molecule has 0 radical (unpaired) electrons. The second-order valence-electron chi connectivity index (χ2n) is 10.2. The van der Waals surface area contributed by atoms with E-state index in [1.165, 1.54) is 0 Å². The summed E-state index contributed by atoms with van der Waals surface area (Å²) in [6.07, 6.45) is 1.68. The number of likely N-dealkylation sites (tertiary alicyclic amines) is 1. The van der Waals surface area contributed by atoms with E-state index in [9.17, 15) is 9.59 Å². The van der Waals surface area contributed by atoms with Gasteiger partial charge in [-0.15, -0.1) is 0 Å². The Kier molecular flexibility index (Phi) is 8.74. The van der Waals surface area contributed by atoms with Crippen LogP contribution in [0.15, 0.2) is 24.3 Å². The van der Waals surface area contributed by atoms with Crippen LogP contribution in [-0.4, -0.2) is 60.8 Å². The molecule has 0 bridgehead atoms. The SMILES string of the molecule is CC(C)(C)OC(=O)NCCN1CCC(CNC(=O)c2cccc(OC(C)(C)C)c2)CC1. The third-order valence-corrected chi connectivity index (χ3v) is 4.87. The maximum atomic E-state index is 12.5. The second kappa shape index (κ2) is 10.8. The number of piperidine rings is 1. The maximum Gasteiger partial charge on any atom is 0.407 e. The molecule has 1 aliphatic rings. The van der Waals surface area contributed by atoms with E-state index in [-0.39, 0.29) is 17.6 Å². The van der Waals surface area contributed by atoms with Crippen molar-refractivity contribution in [3.8, 4) is 5.75 Å². The lowest BCUT2D eigenvalue weighted by Gasteiger charge is -2.32. The summed E-state index contributed by atoms with van der Waals surface area (Å²) in [4.78, 5) is 26.6. The van der Waals surface area contributed by atoms with Crippen molar-refractivity contribution in [2.75, 3.05) is 32.7 Å². The molecule has 1 aliphatic heterocycles. The van der Waals surface area contributed by atoms with Gasteiger partial charge in [0.1, 0.15) is 17.0 Å². The van der Waals surface area contributed by atoms with Crippen molar-refractivity contribution in [3.63, 3.8) is 0 Å². The Labute approximate surface area is 186 Å². The number of carbonyl (C=O) groups excluding carboxylic acids is 2. The minimum Gasteiger partial charge on any atom is -0.488 e. The molecule has 2 N–H and O–H groups in total. The summed E-state index contributed by atoms with van der Waals surface area (Å²) in [5, 5.41) is 5.87. The van der Waals surface area contributed by atoms with Gasteiger partial charge in [0.25, 0.3) is 5.91 Å². The molecular weight excluding hydrogens is 394 g/mol. The summed E-state index contributed by atoms with van der Waals surface area (Å²) < 4.78 is 11.1. The van der Waals surface area contributed by atoms with Crippen LogP contribution in [0.3, 0.4) is 0 Å². The number of hydrogen-bond donors (Lipinski definition) is 2. The largest absolute Gasteiger partial charge is 0.488 e. The van der Waals surface area contributed by atoms with E-state index in [2.05, 4.69) is 15.5 Å². The van der Waals surface area contributed by atoms with Crippen LogP contribution in [0.5, 0.6) is 5.75 Å². The van der Waals surface area contributed by atoms with Gasteiger partial charge < -0.3 is 25.0 Å². The fraction of sp³-hybridized carbons (Fsp3) is 0.667. The van der Waals surface area contributed by atoms with Crippen molar-refractivity contribution in [3.05, 3.63) is 29.8 Å². The molecule has 7 heteroatoms. The number of nitrogens with one attached hydrogen (secondary N) is 2. The topological polar surface area (TPSA) is 79.9 Å². The van der Waals surface area contributed by atoms with Gasteiger partial charge in [0.15, 0.2) is 0 Å². The first-order chi connectivity index (χ1) is 14.4. The van der Waals surface area contributed by atoms with Gasteiger partial charge in [0.05, 0.1) is 0 Å². The third-order valence-electron chi connectivity index (χ3n) is 4.87. The Morgan fingerprint density at radius 1 is 1.03 bits per heavy atom. The minimum absolute atomic E-state index is 0.0663. The van der Waals surface area contributed by atoms with Crippen molar-refractivity contribution in [2.24, 2.45) is 5.92 Å². The lowest BCUT2D eigenvalue weighted by Crippen LogP contribution is -2.42. The average Bonchev–Trinajstić information content (AvgIpc) is 2.64. The third kappa shape index (κ3) is 10.0. The van der Waals surface area contributed by atoms with Gasteiger partial charge in [-0.2, -0.15) is 0 Å². The first-order valence-electron chi connectivity index (χ1n) is 11.2. The molecule has 7 nitrogen and oxygen atoms in total. The van der Waals surface area contributed by atoms with Crippen LogP contribution in [0.4, 0.5) is 4.79 Å². The molecule has 1 heterocycles. The Morgan fingerprint density at radius 3 is 2.32 bits per heavy atom. The molecular formula is C24H39N3O4. The van der Waals surface area contributed by atoms with E-state index in [4.69, 9.17) is 9.47 Å². The summed E-state index contributed by atoms with van der Waals surface area (Å²) in [5.41, 5.74) is -0.161. The van der Waals surface area contributed by atoms with Gasteiger partial charge in [-0.25, -0.2) is 4.79 Å². The zero-order valence-corrected chi connectivity index (χ0v) is 19.9. The van der Waals surface area contributed by atoms with Crippen molar-refractivity contribution in [1.29, 1.82) is 0 Å². The Morgan fingerprint density at radius 2 is 1.71 bits per heavy atom. The molecule has 1 aromatic rings. The number of hydrogen-bond acceptors (Lipinski definition) is 5. The molecule has 174 valence electrons.